The highest BCUT2D eigenvalue weighted by Gasteiger charge is 2.19. The van der Waals surface area contributed by atoms with Crippen LogP contribution in [0, 0.1) is 18.6 Å². The molecule has 146 valence electrons. The van der Waals surface area contributed by atoms with Gasteiger partial charge in [0.25, 0.3) is 5.91 Å². The molecular weight excluding hydrogens is 378 g/mol. The number of halogens is 2. The maximum absolute atomic E-state index is 13.8. The lowest BCUT2D eigenvalue weighted by Crippen LogP contribution is -2.15. The van der Waals surface area contributed by atoms with Gasteiger partial charge >= 0.3 is 0 Å². The third kappa shape index (κ3) is 3.64. The molecule has 0 aliphatic rings. The number of fused-ring (bicyclic) bond motifs is 1. The van der Waals surface area contributed by atoms with Gasteiger partial charge in [-0.15, -0.1) is 0 Å². The monoisotopic (exact) mass is 394 g/mol. The second-order valence-corrected chi connectivity index (χ2v) is 6.30. The fraction of sp³-hybridized carbons (Fsp3) is 0.0952. The number of pyridine rings is 2. The zero-order chi connectivity index (χ0) is 20.4. The van der Waals surface area contributed by atoms with Crippen molar-refractivity contribution in [1.29, 1.82) is 0 Å². The van der Waals surface area contributed by atoms with Gasteiger partial charge in [-0.3, -0.25) is 14.2 Å². The van der Waals surface area contributed by atoms with E-state index in [-0.39, 0.29) is 18.1 Å². The molecule has 4 aromatic rings. The van der Waals surface area contributed by atoms with Crippen molar-refractivity contribution in [3.63, 3.8) is 0 Å². The van der Waals surface area contributed by atoms with E-state index in [1.807, 2.05) is 0 Å². The van der Waals surface area contributed by atoms with Gasteiger partial charge in [-0.1, -0.05) is 6.07 Å². The number of nitrogens with zero attached hydrogens (tertiary/aromatic N) is 3. The van der Waals surface area contributed by atoms with E-state index in [1.54, 1.807) is 48.0 Å². The molecule has 0 aliphatic carbocycles. The summed E-state index contributed by atoms with van der Waals surface area (Å²) in [5.41, 5.74) is 1.56. The number of benzene rings is 1. The summed E-state index contributed by atoms with van der Waals surface area (Å²) >= 11 is 0. The Morgan fingerprint density at radius 2 is 1.93 bits per heavy atom. The van der Waals surface area contributed by atoms with Gasteiger partial charge in [0.05, 0.1) is 23.1 Å². The Hall–Kier alpha value is -3.81. The Kier molecular flexibility index (Phi) is 4.90. The summed E-state index contributed by atoms with van der Waals surface area (Å²) in [7, 11) is 0. The fourth-order valence-electron chi connectivity index (χ4n) is 2.99. The fourth-order valence-corrected chi connectivity index (χ4v) is 2.99. The zero-order valence-corrected chi connectivity index (χ0v) is 15.4. The number of carbonyl (C=O) groups excluding carboxylic acids is 1. The molecular formula is C21H16F2N4O2. The molecule has 0 spiro atoms. The molecule has 6 nitrogen and oxygen atoms in total. The van der Waals surface area contributed by atoms with Crippen molar-refractivity contribution in [3.8, 4) is 5.75 Å². The Bertz CT molecular complexity index is 1170. The largest absolute Gasteiger partial charge is 0.485 e. The normalized spacial score (nSPS) is 10.9. The summed E-state index contributed by atoms with van der Waals surface area (Å²) in [6.07, 6.45) is 4.81. The van der Waals surface area contributed by atoms with E-state index in [2.05, 4.69) is 15.3 Å². The standard InChI is InChI=1S/C21H16F2N4O2/c1-13-19(21(28)26-14-5-3-9-24-11-14)27-10-4-8-18(20(27)25-13)29-12-15-16(22)6-2-7-17(15)23/h2-11H,12H2,1H3,(H,26,28). The number of anilines is 1. The smallest absolute Gasteiger partial charge is 0.274 e. The van der Waals surface area contributed by atoms with Crippen LogP contribution >= 0.6 is 0 Å². The maximum atomic E-state index is 13.8. The highest BCUT2D eigenvalue weighted by atomic mass is 19.1. The minimum absolute atomic E-state index is 0.174. The van der Waals surface area contributed by atoms with Gasteiger partial charge in [-0.05, 0) is 43.3 Å². The lowest BCUT2D eigenvalue weighted by molar-refractivity contribution is 0.102. The Morgan fingerprint density at radius 3 is 2.66 bits per heavy atom. The van der Waals surface area contributed by atoms with Crippen LogP contribution in [0.1, 0.15) is 21.7 Å². The van der Waals surface area contributed by atoms with Gasteiger partial charge in [0.15, 0.2) is 11.4 Å². The van der Waals surface area contributed by atoms with Crippen molar-refractivity contribution in [1.82, 2.24) is 14.4 Å². The quantitative estimate of drug-likeness (QED) is 0.552. The number of aromatic nitrogens is 3. The van der Waals surface area contributed by atoms with E-state index in [1.165, 1.54) is 24.4 Å². The van der Waals surface area contributed by atoms with E-state index in [9.17, 15) is 13.6 Å². The third-order valence-corrected chi connectivity index (χ3v) is 4.36. The summed E-state index contributed by atoms with van der Waals surface area (Å²) in [4.78, 5) is 21.1. The van der Waals surface area contributed by atoms with Crippen LogP contribution in [0.15, 0.2) is 61.1 Å². The molecule has 1 aromatic carbocycles. The van der Waals surface area contributed by atoms with Crippen LogP contribution in [-0.2, 0) is 6.61 Å². The number of nitrogens with one attached hydrogen (secondary N) is 1. The number of ether oxygens (including phenoxy) is 1. The first kappa shape index (κ1) is 18.5. The predicted octanol–water partition coefficient (Wildman–Crippen LogP) is 4.15. The van der Waals surface area contributed by atoms with Gasteiger partial charge in [0.2, 0.25) is 0 Å². The van der Waals surface area contributed by atoms with Crippen LogP contribution < -0.4 is 10.1 Å². The summed E-state index contributed by atoms with van der Waals surface area (Å²) in [5.74, 6) is -1.43. The third-order valence-electron chi connectivity index (χ3n) is 4.36. The summed E-state index contributed by atoms with van der Waals surface area (Å²) in [5, 5.41) is 2.77. The molecule has 0 atom stereocenters. The number of imidazole rings is 1. The minimum Gasteiger partial charge on any atom is -0.485 e. The van der Waals surface area contributed by atoms with E-state index in [4.69, 9.17) is 4.74 Å². The lowest BCUT2D eigenvalue weighted by atomic mass is 10.2. The van der Waals surface area contributed by atoms with E-state index in [0.717, 1.165) is 0 Å². The number of hydrogen-bond donors (Lipinski definition) is 1. The van der Waals surface area contributed by atoms with Crippen LogP contribution in [0.4, 0.5) is 14.5 Å². The molecule has 0 saturated heterocycles. The van der Waals surface area contributed by atoms with E-state index >= 15 is 0 Å². The Labute approximate surface area is 164 Å². The van der Waals surface area contributed by atoms with Gasteiger partial charge in [0.1, 0.15) is 23.9 Å². The molecule has 0 saturated carbocycles. The molecule has 0 radical (unpaired) electrons. The molecule has 3 aromatic heterocycles. The minimum atomic E-state index is -0.687. The van der Waals surface area contributed by atoms with Crippen LogP contribution in [0.25, 0.3) is 5.65 Å². The molecule has 4 rings (SSSR count). The predicted molar refractivity (Wildman–Crippen MR) is 103 cm³/mol. The number of carbonyl (C=O) groups is 1. The molecule has 0 bridgehead atoms. The summed E-state index contributed by atoms with van der Waals surface area (Å²) in [6, 6.07) is 10.4. The van der Waals surface area contributed by atoms with Crippen LogP contribution in [-0.4, -0.2) is 20.3 Å². The van der Waals surface area contributed by atoms with Crippen LogP contribution in [0.3, 0.4) is 0 Å². The first-order valence-electron chi connectivity index (χ1n) is 8.79. The molecule has 29 heavy (non-hydrogen) atoms. The highest BCUT2D eigenvalue weighted by molar-refractivity contribution is 6.04. The Balaban J connectivity index is 1.64. The van der Waals surface area contributed by atoms with Crippen molar-refractivity contribution < 1.29 is 18.3 Å². The molecule has 1 amide bonds. The first-order valence-corrected chi connectivity index (χ1v) is 8.79. The topological polar surface area (TPSA) is 68.5 Å². The van der Waals surface area contributed by atoms with Crippen LogP contribution in [0.2, 0.25) is 0 Å². The number of hydrogen-bond acceptors (Lipinski definition) is 4. The highest BCUT2D eigenvalue weighted by Crippen LogP contribution is 2.24. The van der Waals surface area contributed by atoms with Gasteiger partial charge in [-0.25, -0.2) is 13.8 Å². The molecule has 0 fully saturated rings. The van der Waals surface area contributed by atoms with Crippen molar-refractivity contribution in [2.75, 3.05) is 5.32 Å². The maximum Gasteiger partial charge on any atom is 0.274 e. The molecule has 8 heteroatoms. The van der Waals surface area contributed by atoms with E-state index < -0.39 is 11.6 Å². The lowest BCUT2D eigenvalue weighted by Gasteiger charge is -2.10. The molecule has 0 aliphatic heterocycles. The molecule has 0 unspecified atom stereocenters. The number of amides is 1. The van der Waals surface area contributed by atoms with Crippen LogP contribution in [0.5, 0.6) is 5.75 Å². The number of rotatable bonds is 5. The number of aryl methyl sites for hydroxylation is 1. The van der Waals surface area contributed by atoms with Gasteiger partial charge < -0.3 is 10.1 Å². The summed E-state index contributed by atoms with van der Waals surface area (Å²) in [6.45, 7) is 1.40. The van der Waals surface area contributed by atoms with Crippen molar-refractivity contribution in [3.05, 3.63) is 89.6 Å². The van der Waals surface area contributed by atoms with Crippen molar-refractivity contribution in [2.24, 2.45) is 0 Å². The van der Waals surface area contributed by atoms with Crippen molar-refractivity contribution >= 4 is 17.2 Å². The Morgan fingerprint density at radius 1 is 1.14 bits per heavy atom. The molecule has 3 heterocycles. The van der Waals surface area contributed by atoms with E-state index in [0.29, 0.717) is 28.5 Å². The van der Waals surface area contributed by atoms with Crippen molar-refractivity contribution in [2.45, 2.75) is 13.5 Å². The van der Waals surface area contributed by atoms with Gasteiger partial charge in [0, 0.05) is 12.4 Å². The average Bonchev–Trinajstić information content (AvgIpc) is 3.05. The zero-order valence-electron chi connectivity index (χ0n) is 15.4. The first-order chi connectivity index (χ1) is 14.0. The average molecular weight is 394 g/mol. The second kappa shape index (κ2) is 7.67. The SMILES string of the molecule is Cc1nc2c(OCc3c(F)cccc3F)cccn2c1C(=O)Nc1cccnc1. The summed E-state index contributed by atoms with van der Waals surface area (Å²) < 4.78 is 34.9. The molecule has 1 N–H and O–H groups in total. The van der Waals surface area contributed by atoms with Gasteiger partial charge in [-0.2, -0.15) is 0 Å². The second-order valence-electron chi connectivity index (χ2n) is 6.30.